The van der Waals surface area contributed by atoms with E-state index in [1.54, 1.807) is 13.1 Å². The summed E-state index contributed by atoms with van der Waals surface area (Å²) in [5.74, 6) is 0.484. The average molecular weight is 303 g/mol. The third kappa shape index (κ3) is 5.20. The minimum absolute atomic E-state index is 0.225. The molecule has 1 heterocycles. The number of benzene rings is 1. The number of nitrogens with zero attached hydrogens (tertiary/aromatic N) is 3. The maximum atomic E-state index is 13.1. The molecule has 0 aliphatic carbocycles. The van der Waals surface area contributed by atoms with Gasteiger partial charge in [-0.15, -0.1) is 0 Å². The normalized spacial score (nSPS) is 11.5. The van der Waals surface area contributed by atoms with Crippen molar-refractivity contribution in [3.8, 4) is 0 Å². The quantitative estimate of drug-likeness (QED) is 0.488. The lowest BCUT2D eigenvalue weighted by atomic mass is 10.2. The molecule has 0 radical (unpaired) electrons. The smallest absolute Gasteiger partial charge is 0.191 e. The molecule has 0 saturated carbocycles. The fourth-order valence-corrected chi connectivity index (χ4v) is 2.09. The summed E-state index contributed by atoms with van der Waals surface area (Å²) in [6.07, 6.45) is 4.83. The molecule has 0 bridgehead atoms. The van der Waals surface area contributed by atoms with E-state index in [2.05, 4.69) is 20.7 Å². The Kier molecular flexibility index (Phi) is 5.94. The van der Waals surface area contributed by atoms with Gasteiger partial charge in [-0.3, -0.25) is 9.67 Å². The van der Waals surface area contributed by atoms with Crippen molar-refractivity contribution in [3.05, 3.63) is 53.6 Å². The lowest BCUT2D eigenvalue weighted by Gasteiger charge is -2.12. The third-order valence-electron chi connectivity index (χ3n) is 3.19. The number of aromatic nitrogens is 2. The van der Waals surface area contributed by atoms with Gasteiger partial charge in [0.15, 0.2) is 5.96 Å². The molecule has 1 aromatic carbocycles. The van der Waals surface area contributed by atoms with Crippen LogP contribution in [-0.4, -0.2) is 29.3 Å². The van der Waals surface area contributed by atoms with Crippen molar-refractivity contribution in [2.24, 2.45) is 4.99 Å². The van der Waals surface area contributed by atoms with Crippen LogP contribution in [0.4, 0.5) is 4.39 Å². The van der Waals surface area contributed by atoms with Gasteiger partial charge in [0, 0.05) is 32.9 Å². The van der Waals surface area contributed by atoms with E-state index >= 15 is 0 Å². The summed E-state index contributed by atoms with van der Waals surface area (Å²) in [4.78, 5) is 4.15. The molecule has 2 aromatic rings. The molecule has 0 spiro atoms. The highest BCUT2D eigenvalue weighted by atomic mass is 19.1. The van der Waals surface area contributed by atoms with Gasteiger partial charge in [-0.05, 0) is 36.6 Å². The average Bonchev–Trinajstić information content (AvgIpc) is 2.92. The van der Waals surface area contributed by atoms with Crippen molar-refractivity contribution in [2.75, 3.05) is 13.6 Å². The van der Waals surface area contributed by atoms with Gasteiger partial charge >= 0.3 is 0 Å². The molecule has 2 N–H and O–H groups in total. The Morgan fingerprint density at radius 3 is 2.91 bits per heavy atom. The van der Waals surface area contributed by atoms with Crippen LogP contribution in [0, 0.1) is 12.7 Å². The van der Waals surface area contributed by atoms with E-state index in [1.165, 1.54) is 17.7 Å². The Bertz CT molecular complexity index is 621. The van der Waals surface area contributed by atoms with E-state index in [1.807, 2.05) is 30.1 Å². The van der Waals surface area contributed by atoms with E-state index in [4.69, 9.17) is 0 Å². The van der Waals surface area contributed by atoms with E-state index in [-0.39, 0.29) is 5.82 Å². The lowest BCUT2D eigenvalue weighted by molar-refractivity contribution is 0.570. The summed E-state index contributed by atoms with van der Waals surface area (Å²) in [6.45, 7) is 4.22. The number of guanidine groups is 1. The van der Waals surface area contributed by atoms with E-state index in [9.17, 15) is 4.39 Å². The molecule has 1 aromatic heterocycles. The molecule has 0 unspecified atom stereocenters. The van der Waals surface area contributed by atoms with Crippen LogP contribution in [0.15, 0.2) is 41.7 Å². The minimum atomic E-state index is -0.225. The van der Waals surface area contributed by atoms with Gasteiger partial charge in [-0.25, -0.2) is 4.39 Å². The molecule has 118 valence electrons. The van der Waals surface area contributed by atoms with Gasteiger partial charge in [0.25, 0.3) is 0 Å². The van der Waals surface area contributed by atoms with Crippen molar-refractivity contribution in [1.29, 1.82) is 0 Å². The van der Waals surface area contributed by atoms with Gasteiger partial charge in [-0.1, -0.05) is 12.1 Å². The summed E-state index contributed by atoms with van der Waals surface area (Å²) in [6, 6.07) is 6.53. The maximum Gasteiger partial charge on any atom is 0.191 e. The first kappa shape index (κ1) is 16.0. The van der Waals surface area contributed by atoms with Crippen molar-refractivity contribution in [1.82, 2.24) is 20.4 Å². The zero-order valence-electron chi connectivity index (χ0n) is 13.0. The number of halogens is 1. The Labute approximate surface area is 130 Å². The molecular formula is C16H22FN5. The lowest BCUT2D eigenvalue weighted by Crippen LogP contribution is -2.37. The van der Waals surface area contributed by atoms with Crippen LogP contribution in [0.2, 0.25) is 0 Å². The standard InChI is InChI=1S/C16H22FN5/c1-13-10-21-22(12-13)8-4-7-19-16(18-2)20-11-14-5-3-6-15(17)9-14/h3,5-6,9-10,12H,4,7-8,11H2,1-2H3,(H2,18,19,20). The molecule has 0 amide bonds. The number of rotatable bonds is 6. The molecule has 0 atom stereocenters. The largest absolute Gasteiger partial charge is 0.356 e. The van der Waals surface area contributed by atoms with Crippen LogP contribution < -0.4 is 10.6 Å². The van der Waals surface area contributed by atoms with Gasteiger partial charge in [-0.2, -0.15) is 5.10 Å². The van der Waals surface area contributed by atoms with E-state index in [0.717, 1.165) is 25.1 Å². The van der Waals surface area contributed by atoms with Crippen LogP contribution in [-0.2, 0) is 13.1 Å². The first-order valence-corrected chi connectivity index (χ1v) is 7.35. The highest BCUT2D eigenvalue weighted by Gasteiger charge is 2.00. The van der Waals surface area contributed by atoms with E-state index < -0.39 is 0 Å². The third-order valence-corrected chi connectivity index (χ3v) is 3.19. The number of hydrogen-bond acceptors (Lipinski definition) is 2. The topological polar surface area (TPSA) is 54.2 Å². The zero-order chi connectivity index (χ0) is 15.8. The van der Waals surface area contributed by atoms with Gasteiger partial charge in [0.1, 0.15) is 5.82 Å². The molecule has 2 rings (SSSR count). The van der Waals surface area contributed by atoms with E-state index in [0.29, 0.717) is 12.5 Å². The van der Waals surface area contributed by atoms with Crippen LogP contribution in [0.3, 0.4) is 0 Å². The SMILES string of the molecule is CN=C(NCCCn1cc(C)cn1)NCc1cccc(F)c1. The van der Waals surface area contributed by atoms with Gasteiger partial charge in [0.2, 0.25) is 0 Å². The zero-order valence-corrected chi connectivity index (χ0v) is 13.0. The molecule has 0 saturated heterocycles. The second kappa shape index (κ2) is 8.17. The summed E-state index contributed by atoms with van der Waals surface area (Å²) in [5, 5.41) is 10.6. The maximum absolute atomic E-state index is 13.1. The van der Waals surface area contributed by atoms with Crippen LogP contribution in [0.1, 0.15) is 17.5 Å². The van der Waals surface area contributed by atoms with Crippen LogP contribution in [0.5, 0.6) is 0 Å². The monoisotopic (exact) mass is 303 g/mol. The van der Waals surface area contributed by atoms with Crippen LogP contribution in [0.25, 0.3) is 0 Å². The Morgan fingerprint density at radius 1 is 1.36 bits per heavy atom. The van der Waals surface area contributed by atoms with Crippen molar-refractivity contribution in [2.45, 2.75) is 26.4 Å². The van der Waals surface area contributed by atoms with Crippen molar-refractivity contribution in [3.63, 3.8) is 0 Å². The Balaban J connectivity index is 1.69. The van der Waals surface area contributed by atoms with Gasteiger partial charge in [0.05, 0.1) is 6.20 Å². The van der Waals surface area contributed by atoms with Crippen molar-refractivity contribution < 1.29 is 4.39 Å². The highest BCUT2D eigenvalue weighted by Crippen LogP contribution is 2.02. The predicted molar refractivity (Wildman–Crippen MR) is 86.2 cm³/mol. The fourth-order valence-electron chi connectivity index (χ4n) is 2.09. The number of aliphatic imine (C=N–C) groups is 1. The van der Waals surface area contributed by atoms with Crippen molar-refractivity contribution >= 4 is 5.96 Å². The first-order valence-electron chi connectivity index (χ1n) is 7.35. The van der Waals surface area contributed by atoms with Crippen LogP contribution >= 0.6 is 0 Å². The summed E-state index contributed by atoms with van der Waals surface area (Å²) >= 11 is 0. The molecule has 0 aliphatic heterocycles. The Hall–Kier alpha value is -2.37. The fraction of sp³-hybridized carbons (Fsp3) is 0.375. The molecule has 6 heteroatoms. The summed E-state index contributed by atoms with van der Waals surface area (Å²) in [5.41, 5.74) is 2.05. The predicted octanol–water partition coefficient (Wildman–Crippen LogP) is 2.09. The molecule has 0 aliphatic rings. The number of hydrogen-bond donors (Lipinski definition) is 2. The Morgan fingerprint density at radius 2 is 2.23 bits per heavy atom. The molecule has 22 heavy (non-hydrogen) atoms. The highest BCUT2D eigenvalue weighted by molar-refractivity contribution is 5.79. The summed E-state index contributed by atoms with van der Waals surface area (Å²) in [7, 11) is 1.72. The number of aryl methyl sites for hydroxylation is 2. The minimum Gasteiger partial charge on any atom is -0.356 e. The first-order chi connectivity index (χ1) is 10.7. The molecule has 0 fully saturated rings. The van der Waals surface area contributed by atoms with Gasteiger partial charge < -0.3 is 10.6 Å². The molecule has 5 nitrogen and oxygen atoms in total. The second-order valence-electron chi connectivity index (χ2n) is 5.12. The summed E-state index contributed by atoms with van der Waals surface area (Å²) < 4.78 is 15.0. The second-order valence-corrected chi connectivity index (χ2v) is 5.12. The number of nitrogens with one attached hydrogen (secondary N) is 2. The molecular weight excluding hydrogens is 281 g/mol.